The molecule has 0 saturated heterocycles. The maximum absolute atomic E-state index is 10.8. The Labute approximate surface area is 107 Å². The van der Waals surface area contributed by atoms with Crippen LogP contribution in [0.3, 0.4) is 0 Å². The van der Waals surface area contributed by atoms with E-state index in [0.29, 0.717) is 5.92 Å². The van der Waals surface area contributed by atoms with Crippen molar-refractivity contribution in [2.45, 2.75) is 66.4 Å². The smallest absolute Gasteiger partial charge is 0.0781 e. The molecule has 0 aromatic carbocycles. The Balaban J connectivity index is 2.61. The molecule has 0 atom stereocenters. The normalized spacial score (nSPS) is 26.1. The molecule has 0 aliphatic heterocycles. The number of nitrogens with one attached hydrogen (secondary N) is 1. The molecule has 1 saturated carbocycles. The average Bonchev–Trinajstić information content (AvgIpc) is 1.93. The number of rotatable bonds is 4. The predicted octanol–water partition coefficient (Wildman–Crippen LogP) is 3.20. The Kier molecular flexibility index (Phi) is 4.31. The quantitative estimate of drug-likeness (QED) is 0.792. The predicted molar refractivity (Wildman–Crippen MR) is 74.1 cm³/mol. The van der Waals surface area contributed by atoms with Crippen LogP contribution in [-0.4, -0.2) is 23.8 Å². The van der Waals surface area contributed by atoms with Crippen molar-refractivity contribution >= 4 is 0 Å². The van der Waals surface area contributed by atoms with Crippen LogP contribution in [0.5, 0.6) is 0 Å². The summed E-state index contributed by atoms with van der Waals surface area (Å²) in [5.74, 6) is 0.642. The summed E-state index contributed by atoms with van der Waals surface area (Å²) in [6.45, 7) is 15.2. The Morgan fingerprint density at radius 1 is 1.00 bits per heavy atom. The van der Waals surface area contributed by atoms with Crippen LogP contribution >= 0.6 is 0 Å². The molecular weight excluding hydrogens is 210 g/mol. The molecule has 0 bridgehead atoms. The van der Waals surface area contributed by atoms with Crippen molar-refractivity contribution in [1.82, 2.24) is 5.32 Å². The van der Waals surface area contributed by atoms with E-state index in [1.807, 2.05) is 0 Å². The summed E-state index contributed by atoms with van der Waals surface area (Å²) in [4.78, 5) is 0. The first-order valence-electron chi connectivity index (χ1n) is 6.97. The minimum Gasteiger partial charge on any atom is -0.389 e. The Hall–Kier alpha value is -0.0800. The minimum absolute atomic E-state index is 0.246. The molecule has 2 nitrogen and oxygen atoms in total. The van der Waals surface area contributed by atoms with Crippen LogP contribution in [0.25, 0.3) is 0 Å². The summed E-state index contributed by atoms with van der Waals surface area (Å²) in [7, 11) is 0. The van der Waals surface area contributed by atoms with Crippen molar-refractivity contribution in [3.05, 3.63) is 0 Å². The molecule has 2 N–H and O–H groups in total. The number of aliphatic hydroxyl groups is 1. The third-order valence-corrected chi connectivity index (χ3v) is 3.58. The molecule has 102 valence electrons. The van der Waals surface area contributed by atoms with Crippen molar-refractivity contribution in [3.8, 4) is 0 Å². The lowest BCUT2D eigenvalue weighted by Crippen LogP contribution is -2.51. The summed E-state index contributed by atoms with van der Waals surface area (Å²) in [5.41, 5.74) is -0.0356. The van der Waals surface area contributed by atoms with Gasteiger partial charge in [-0.15, -0.1) is 0 Å². The van der Waals surface area contributed by atoms with E-state index < -0.39 is 5.60 Å². The summed E-state index contributed by atoms with van der Waals surface area (Å²) < 4.78 is 0. The Morgan fingerprint density at radius 2 is 1.47 bits per heavy atom. The van der Waals surface area contributed by atoms with Crippen LogP contribution in [0, 0.1) is 16.7 Å². The third kappa shape index (κ3) is 4.97. The van der Waals surface area contributed by atoms with Gasteiger partial charge in [-0.1, -0.05) is 41.5 Å². The molecule has 0 heterocycles. The van der Waals surface area contributed by atoms with Crippen molar-refractivity contribution in [2.24, 2.45) is 16.7 Å². The Bertz CT molecular complexity index is 240. The zero-order valence-electron chi connectivity index (χ0n) is 12.6. The van der Waals surface area contributed by atoms with E-state index in [4.69, 9.17) is 0 Å². The van der Waals surface area contributed by atoms with Gasteiger partial charge in [0.1, 0.15) is 0 Å². The summed E-state index contributed by atoms with van der Waals surface area (Å²) >= 11 is 0. The highest BCUT2D eigenvalue weighted by atomic mass is 16.3. The van der Waals surface area contributed by atoms with Crippen LogP contribution in [0.2, 0.25) is 0 Å². The standard InChI is InChI=1S/C15H31NO/c1-12(2)7-16-11-15(17)9-13(3,4)8-14(5,6)10-15/h12,16-17H,7-11H2,1-6H3. The van der Waals surface area contributed by atoms with Crippen LogP contribution in [0.1, 0.15) is 60.8 Å². The molecule has 0 spiro atoms. The van der Waals surface area contributed by atoms with E-state index in [1.165, 1.54) is 6.42 Å². The fraction of sp³-hybridized carbons (Fsp3) is 1.00. The molecule has 0 aromatic rings. The molecule has 1 aliphatic rings. The summed E-state index contributed by atoms with van der Waals surface area (Å²) in [6, 6.07) is 0. The van der Waals surface area contributed by atoms with E-state index in [1.54, 1.807) is 0 Å². The lowest BCUT2D eigenvalue weighted by molar-refractivity contribution is -0.0839. The van der Waals surface area contributed by atoms with Crippen LogP contribution < -0.4 is 5.32 Å². The second kappa shape index (κ2) is 4.89. The molecule has 0 aromatic heterocycles. The summed E-state index contributed by atoms with van der Waals surface area (Å²) in [6.07, 6.45) is 3.02. The monoisotopic (exact) mass is 241 g/mol. The lowest BCUT2D eigenvalue weighted by Gasteiger charge is -2.49. The first kappa shape index (κ1) is 15.0. The maximum Gasteiger partial charge on any atom is 0.0781 e. The second-order valence-corrected chi connectivity index (χ2v) is 8.11. The zero-order valence-corrected chi connectivity index (χ0v) is 12.6. The number of hydrogen-bond donors (Lipinski definition) is 2. The van der Waals surface area contributed by atoms with Crippen LogP contribution in [-0.2, 0) is 0 Å². The SMILES string of the molecule is CC(C)CNCC1(O)CC(C)(C)CC(C)(C)C1. The lowest BCUT2D eigenvalue weighted by atomic mass is 9.59. The van der Waals surface area contributed by atoms with Gasteiger partial charge in [0.25, 0.3) is 0 Å². The molecule has 17 heavy (non-hydrogen) atoms. The molecule has 1 aliphatic carbocycles. The first-order chi connectivity index (χ1) is 7.54. The molecule has 2 heteroatoms. The van der Waals surface area contributed by atoms with Gasteiger partial charge in [0, 0.05) is 6.54 Å². The van der Waals surface area contributed by atoms with E-state index in [2.05, 4.69) is 46.9 Å². The van der Waals surface area contributed by atoms with Crippen molar-refractivity contribution in [2.75, 3.05) is 13.1 Å². The van der Waals surface area contributed by atoms with Gasteiger partial charge in [-0.3, -0.25) is 0 Å². The summed E-state index contributed by atoms with van der Waals surface area (Å²) in [5, 5.41) is 14.2. The van der Waals surface area contributed by atoms with Crippen LogP contribution in [0.4, 0.5) is 0 Å². The van der Waals surface area contributed by atoms with Crippen molar-refractivity contribution in [3.63, 3.8) is 0 Å². The van der Waals surface area contributed by atoms with Gasteiger partial charge in [-0.05, 0) is 42.6 Å². The molecule has 1 rings (SSSR count). The Morgan fingerprint density at radius 3 is 1.88 bits per heavy atom. The molecular formula is C15H31NO. The fourth-order valence-corrected chi connectivity index (χ4v) is 3.98. The molecule has 1 fully saturated rings. The number of hydrogen-bond acceptors (Lipinski definition) is 2. The van der Waals surface area contributed by atoms with Gasteiger partial charge in [0.15, 0.2) is 0 Å². The zero-order chi connectivity index (χ0) is 13.3. The third-order valence-electron chi connectivity index (χ3n) is 3.58. The van der Waals surface area contributed by atoms with Gasteiger partial charge in [-0.25, -0.2) is 0 Å². The highest BCUT2D eigenvalue weighted by Gasteiger charge is 2.46. The van der Waals surface area contributed by atoms with Gasteiger partial charge in [0.2, 0.25) is 0 Å². The van der Waals surface area contributed by atoms with Gasteiger partial charge in [0.05, 0.1) is 5.60 Å². The second-order valence-electron chi connectivity index (χ2n) is 8.11. The van der Waals surface area contributed by atoms with E-state index in [9.17, 15) is 5.11 Å². The largest absolute Gasteiger partial charge is 0.389 e. The van der Waals surface area contributed by atoms with E-state index in [0.717, 1.165) is 25.9 Å². The van der Waals surface area contributed by atoms with Gasteiger partial charge in [-0.2, -0.15) is 0 Å². The van der Waals surface area contributed by atoms with Gasteiger partial charge >= 0.3 is 0 Å². The van der Waals surface area contributed by atoms with Crippen molar-refractivity contribution in [1.29, 1.82) is 0 Å². The first-order valence-corrected chi connectivity index (χ1v) is 6.97. The minimum atomic E-state index is -0.528. The molecule has 0 amide bonds. The maximum atomic E-state index is 10.8. The molecule has 0 unspecified atom stereocenters. The fourth-order valence-electron chi connectivity index (χ4n) is 3.98. The van der Waals surface area contributed by atoms with E-state index in [-0.39, 0.29) is 10.8 Å². The van der Waals surface area contributed by atoms with E-state index >= 15 is 0 Å². The average molecular weight is 241 g/mol. The molecule has 0 radical (unpaired) electrons. The van der Waals surface area contributed by atoms with Crippen molar-refractivity contribution < 1.29 is 5.11 Å². The van der Waals surface area contributed by atoms with Gasteiger partial charge < -0.3 is 10.4 Å². The van der Waals surface area contributed by atoms with Crippen LogP contribution in [0.15, 0.2) is 0 Å². The highest BCUT2D eigenvalue weighted by Crippen LogP contribution is 2.49. The highest BCUT2D eigenvalue weighted by molar-refractivity contribution is 4.98. The topological polar surface area (TPSA) is 32.3 Å².